The number of ether oxygens (including phenoxy) is 3. The molecule has 1 N–H and O–H groups in total. The van der Waals surface area contributed by atoms with Gasteiger partial charge in [0.25, 0.3) is 0 Å². The number of carbonyl (C=O) groups is 2. The lowest BCUT2D eigenvalue weighted by Crippen LogP contribution is -2.51. The summed E-state index contributed by atoms with van der Waals surface area (Å²) in [5.74, 6) is 0.480. The molecule has 1 heterocycles. The molecule has 6 heteroatoms. The van der Waals surface area contributed by atoms with Crippen LogP contribution in [0.1, 0.15) is 49.3 Å². The van der Waals surface area contributed by atoms with Crippen LogP contribution in [0.5, 0.6) is 0 Å². The van der Waals surface area contributed by atoms with Crippen LogP contribution in [0.25, 0.3) is 5.57 Å². The highest BCUT2D eigenvalue weighted by molar-refractivity contribution is 6.28. The molecule has 1 aliphatic heterocycles. The van der Waals surface area contributed by atoms with E-state index in [1.54, 1.807) is 14.0 Å². The van der Waals surface area contributed by atoms with Crippen molar-refractivity contribution >= 4 is 17.5 Å². The number of hydrogen-bond acceptors (Lipinski definition) is 6. The van der Waals surface area contributed by atoms with Crippen molar-refractivity contribution in [2.24, 2.45) is 5.92 Å². The van der Waals surface area contributed by atoms with E-state index in [1.165, 1.54) is 0 Å². The second-order valence-electron chi connectivity index (χ2n) is 7.76. The first kappa shape index (κ1) is 20.4. The Morgan fingerprint density at radius 3 is 2.82 bits per heavy atom. The molecule has 0 bridgehead atoms. The summed E-state index contributed by atoms with van der Waals surface area (Å²) >= 11 is 0. The number of nitrogens with one attached hydrogen (secondary N) is 1. The molecule has 1 fully saturated rings. The van der Waals surface area contributed by atoms with Gasteiger partial charge in [0.2, 0.25) is 5.88 Å². The fourth-order valence-corrected chi connectivity index (χ4v) is 4.32. The van der Waals surface area contributed by atoms with E-state index in [0.717, 1.165) is 29.5 Å². The van der Waals surface area contributed by atoms with Gasteiger partial charge in [-0.15, -0.1) is 0 Å². The highest BCUT2D eigenvalue weighted by Gasteiger charge is 2.51. The van der Waals surface area contributed by atoms with E-state index in [0.29, 0.717) is 25.0 Å². The Labute approximate surface area is 166 Å². The summed E-state index contributed by atoms with van der Waals surface area (Å²) in [5.41, 5.74) is 2.48. The van der Waals surface area contributed by atoms with Crippen LogP contribution in [-0.4, -0.2) is 37.8 Å². The molecule has 2 aliphatic rings. The number of benzene rings is 1. The lowest BCUT2D eigenvalue weighted by atomic mass is 9.73. The zero-order chi connectivity index (χ0) is 20.3. The summed E-state index contributed by atoms with van der Waals surface area (Å²) < 4.78 is 15.7. The smallest absolute Gasteiger partial charge is 0.434 e. The molecular weight excluding hydrogens is 358 g/mol. The third kappa shape index (κ3) is 3.92. The maximum atomic E-state index is 13.7. The van der Waals surface area contributed by atoms with E-state index in [9.17, 15) is 9.59 Å². The number of hydrogen-bond donors (Lipinski definition) is 1. The molecule has 0 saturated heterocycles. The van der Waals surface area contributed by atoms with Gasteiger partial charge in [-0.05, 0) is 57.1 Å². The maximum Gasteiger partial charge on any atom is 0.515 e. The number of carbonyl (C=O) groups excluding carboxylic acids is 2. The summed E-state index contributed by atoms with van der Waals surface area (Å²) in [6.07, 6.45) is 2.50. The van der Waals surface area contributed by atoms with Crippen molar-refractivity contribution in [3.05, 3.63) is 40.8 Å². The first-order valence-corrected chi connectivity index (χ1v) is 9.88. The molecule has 1 aliphatic carbocycles. The van der Waals surface area contributed by atoms with E-state index >= 15 is 0 Å². The first-order valence-electron chi connectivity index (χ1n) is 9.88. The average molecular weight is 387 g/mol. The zero-order valence-electron chi connectivity index (χ0n) is 17.1. The molecule has 6 nitrogen and oxygen atoms in total. The molecule has 28 heavy (non-hydrogen) atoms. The van der Waals surface area contributed by atoms with E-state index in [-0.39, 0.29) is 24.2 Å². The van der Waals surface area contributed by atoms with Crippen LogP contribution >= 0.6 is 0 Å². The molecule has 152 valence electrons. The number of Topliss-reactive ketones (excluding diaryl/α,β-unsaturated/α-hetero) is 1. The van der Waals surface area contributed by atoms with E-state index < -0.39 is 11.7 Å². The normalized spacial score (nSPS) is 24.4. The molecule has 3 rings (SSSR count). The summed E-state index contributed by atoms with van der Waals surface area (Å²) in [4.78, 5) is 25.7. The second kappa shape index (κ2) is 8.35. The van der Waals surface area contributed by atoms with Crippen LogP contribution in [0.3, 0.4) is 0 Å². The van der Waals surface area contributed by atoms with E-state index in [2.05, 4.69) is 5.32 Å². The quantitative estimate of drug-likeness (QED) is 0.773. The summed E-state index contributed by atoms with van der Waals surface area (Å²) in [6.45, 7) is 6.47. The third-order valence-electron chi connectivity index (χ3n) is 5.61. The van der Waals surface area contributed by atoms with Crippen molar-refractivity contribution < 1.29 is 23.8 Å². The highest BCUT2D eigenvalue weighted by atomic mass is 16.7. The van der Waals surface area contributed by atoms with Gasteiger partial charge in [0.05, 0.1) is 12.2 Å². The Bertz CT molecular complexity index is 798. The van der Waals surface area contributed by atoms with Crippen LogP contribution in [0.4, 0.5) is 4.79 Å². The maximum absolute atomic E-state index is 13.7. The van der Waals surface area contributed by atoms with Crippen molar-refractivity contribution in [1.82, 2.24) is 5.32 Å². The highest BCUT2D eigenvalue weighted by Crippen LogP contribution is 2.43. The summed E-state index contributed by atoms with van der Waals surface area (Å²) in [5, 5.41) is 3.28. The molecular formula is C22H29NO5. The van der Waals surface area contributed by atoms with Crippen molar-refractivity contribution in [3.63, 3.8) is 0 Å². The minimum Gasteiger partial charge on any atom is -0.434 e. The van der Waals surface area contributed by atoms with Crippen molar-refractivity contribution in [3.8, 4) is 0 Å². The van der Waals surface area contributed by atoms with Gasteiger partial charge in [0, 0.05) is 13.7 Å². The Hall–Kier alpha value is -2.34. The van der Waals surface area contributed by atoms with Crippen molar-refractivity contribution in [1.29, 1.82) is 0 Å². The number of ketones is 1. The topological polar surface area (TPSA) is 73.9 Å². The summed E-state index contributed by atoms with van der Waals surface area (Å²) in [6, 6.07) is 5.95. The summed E-state index contributed by atoms with van der Waals surface area (Å²) in [7, 11) is 1.68. The zero-order valence-corrected chi connectivity index (χ0v) is 17.1. The van der Waals surface area contributed by atoms with Crippen molar-refractivity contribution in [2.45, 2.75) is 52.0 Å². The second-order valence-corrected chi connectivity index (χ2v) is 7.76. The molecule has 1 saturated carbocycles. The van der Waals surface area contributed by atoms with Gasteiger partial charge < -0.3 is 19.5 Å². The Balaban J connectivity index is 2.01. The van der Waals surface area contributed by atoms with Gasteiger partial charge in [-0.1, -0.05) is 30.2 Å². The fraction of sp³-hybridized carbons (Fsp3) is 0.545. The minimum absolute atomic E-state index is 0.0127. The molecule has 1 unspecified atom stereocenters. The molecule has 1 aromatic carbocycles. The Morgan fingerprint density at radius 1 is 1.32 bits per heavy atom. The van der Waals surface area contributed by atoms with E-state index in [4.69, 9.17) is 14.2 Å². The lowest BCUT2D eigenvalue weighted by molar-refractivity contribution is -0.120. The Morgan fingerprint density at radius 2 is 2.11 bits per heavy atom. The lowest BCUT2D eigenvalue weighted by Gasteiger charge is -2.37. The largest absolute Gasteiger partial charge is 0.515 e. The van der Waals surface area contributed by atoms with Crippen LogP contribution in [0.15, 0.2) is 24.1 Å². The minimum atomic E-state index is -0.804. The molecule has 0 radical (unpaired) electrons. The van der Waals surface area contributed by atoms with Crippen LogP contribution in [0, 0.1) is 19.8 Å². The van der Waals surface area contributed by atoms with Gasteiger partial charge in [0.1, 0.15) is 5.54 Å². The first-order chi connectivity index (χ1) is 13.4. The fourth-order valence-electron chi connectivity index (χ4n) is 4.32. The van der Waals surface area contributed by atoms with Crippen molar-refractivity contribution in [2.75, 3.05) is 20.3 Å². The average Bonchev–Trinajstić information content (AvgIpc) is 2.89. The molecule has 0 aromatic heterocycles. The Kier molecular flexibility index (Phi) is 6.08. The SMILES string of the molecule is CCOC(=O)OC1=C(c2cc(C)ccc2C)C(=O)C2(CCC[C@@H](COC)C2)N1. The number of rotatable bonds is 5. The van der Waals surface area contributed by atoms with Crippen LogP contribution < -0.4 is 5.32 Å². The van der Waals surface area contributed by atoms with Crippen LogP contribution in [0.2, 0.25) is 0 Å². The van der Waals surface area contributed by atoms with Crippen LogP contribution in [-0.2, 0) is 19.0 Å². The molecule has 2 atom stereocenters. The standard InChI is InChI=1S/C22H29NO5/c1-5-27-21(25)28-20-18(17-11-14(2)8-9-15(17)3)19(24)22(23-20)10-6-7-16(12-22)13-26-4/h8-9,11,16,23H,5-7,10,12-13H2,1-4H3/t16-,22?/m1/s1. The number of methoxy groups -OCH3 is 1. The van der Waals surface area contributed by atoms with Gasteiger partial charge in [-0.2, -0.15) is 0 Å². The van der Waals surface area contributed by atoms with Gasteiger partial charge in [-0.25, -0.2) is 4.79 Å². The predicted molar refractivity (Wildman–Crippen MR) is 106 cm³/mol. The molecule has 1 spiro atoms. The van der Waals surface area contributed by atoms with Gasteiger partial charge in [0.15, 0.2) is 5.78 Å². The number of aryl methyl sites for hydroxylation is 2. The monoisotopic (exact) mass is 387 g/mol. The molecule has 1 aromatic rings. The van der Waals surface area contributed by atoms with Gasteiger partial charge in [-0.3, -0.25) is 4.79 Å². The predicted octanol–water partition coefficient (Wildman–Crippen LogP) is 3.89. The third-order valence-corrected chi connectivity index (χ3v) is 5.61. The molecule has 0 amide bonds. The van der Waals surface area contributed by atoms with Gasteiger partial charge >= 0.3 is 6.16 Å². The van der Waals surface area contributed by atoms with E-state index in [1.807, 2.05) is 32.0 Å².